The van der Waals surface area contributed by atoms with Crippen LogP contribution >= 0.6 is 0 Å². The Balaban J connectivity index is 1.67. The number of hydrogen-bond acceptors (Lipinski definition) is 2. The van der Waals surface area contributed by atoms with Gasteiger partial charge in [-0.25, -0.2) is 0 Å². The van der Waals surface area contributed by atoms with E-state index in [1.165, 1.54) is 38.5 Å². The van der Waals surface area contributed by atoms with Crippen molar-refractivity contribution in [1.29, 1.82) is 0 Å². The molecular formula is C17H30N2O. The number of hydrogen-bond donors (Lipinski definition) is 1. The van der Waals surface area contributed by atoms with Crippen molar-refractivity contribution >= 4 is 5.91 Å². The van der Waals surface area contributed by atoms with Gasteiger partial charge in [0.15, 0.2) is 0 Å². The molecule has 1 unspecified atom stereocenters. The second-order valence-corrected chi connectivity index (χ2v) is 7.24. The van der Waals surface area contributed by atoms with Gasteiger partial charge in [0.05, 0.1) is 0 Å². The Morgan fingerprint density at radius 3 is 2.50 bits per heavy atom. The van der Waals surface area contributed by atoms with Crippen LogP contribution in [0.5, 0.6) is 0 Å². The Labute approximate surface area is 123 Å². The lowest BCUT2D eigenvalue weighted by Gasteiger charge is -2.37. The zero-order valence-corrected chi connectivity index (χ0v) is 13.0. The topological polar surface area (TPSA) is 32.3 Å². The summed E-state index contributed by atoms with van der Waals surface area (Å²) in [5.41, 5.74) is 0.00465. The summed E-state index contributed by atoms with van der Waals surface area (Å²) in [5, 5.41) is 3.49. The summed E-state index contributed by atoms with van der Waals surface area (Å²) in [4.78, 5) is 15.5. The molecule has 1 heterocycles. The molecule has 0 bridgehead atoms. The zero-order chi connectivity index (χ0) is 14.0. The normalized spacial score (nSPS) is 29.4. The van der Waals surface area contributed by atoms with Crippen LogP contribution in [0.15, 0.2) is 0 Å². The minimum atomic E-state index is 0.00465. The predicted molar refractivity (Wildman–Crippen MR) is 81.5 cm³/mol. The first-order chi connectivity index (χ1) is 9.75. The molecule has 0 aromatic rings. The summed E-state index contributed by atoms with van der Waals surface area (Å²) in [6, 6.07) is 0.577. The van der Waals surface area contributed by atoms with Gasteiger partial charge in [0.25, 0.3) is 0 Å². The lowest BCUT2D eigenvalue weighted by molar-refractivity contribution is -0.143. The fourth-order valence-electron chi connectivity index (χ4n) is 4.22. The number of carbonyl (C=O) groups is 1. The van der Waals surface area contributed by atoms with E-state index in [0.29, 0.717) is 17.9 Å². The summed E-state index contributed by atoms with van der Waals surface area (Å²) in [7, 11) is 0. The number of amides is 1. The Morgan fingerprint density at radius 2 is 1.95 bits per heavy atom. The largest absolute Gasteiger partial charge is 0.339 e. The average molecular weight is 278 g/mol. The van der Waals surface area contributed by atoms with Gasteiger partial charge in [-0.05, 0) is 64.0 Å². The summed E-state index contributed by atoms with van der Waals surface area (Å²) >= 11 is 0. The van der Waals surface area contributed by atoms with Gasteiger partial charge in [-0.1, -0.05) is 19.8 Å². The molecule has 3 fully saturated rings. The van der Waals surface area contributed by atoms with Crippen LogP contribution in [-0.4, -0.2) is 36.5 Å². The zero-order valence-electron chi connectivity index (χ0n) is 13.0. The maximum absolute atomic E-state index is 13.2. The number of nitrogens with one attached hydrogen (secondary N) is 1. The van der Waals surface area contributed by atoms with Crippen LogP contribution < -0.4 is 5.32 Å². The lowest BCUT2D eigenvalue weighted by Crippen LogP contribution is -2.47. The minimum Gasteiger partial charge on any atom is -0.339 e. The second kappa shape index (κ2) is 6.05. The van der Waals surface area contributed by atoms with Gasteiger partial charge >= 0.3 is 0 Å². The molecule has 2 saturated carbocycles. The van der Waals surface area contributed by atoms with E-state index in [9.17, 15) is 4.79 Å². The van der Waals surface area contributed by atoms with Crippen molar-refractivity contribution in [3.63, 3.8) is 0 Å². The molecular weight excluding hydrogens is 248 g/mol. The van der Waals surface area contributed by atoms with Crippen LogP contribution in [0.2, 0.25) is 0 Å². The number of nitrogens with zero attached hydrogens (tertiary/aromatic N) is 1. The number of rotatable bonds is 5. The Bertz CT molecular complexity index is 339. The Hall–Kier alpha value is -0.570. The SMILES string of the molecule is CCC1(C(=O)N(CC2CCCNC2)C2CC2)CCCC1. The minimum absolute atomic E-state index is 0.00465. The van der Waals surface area contributed by atoms with Crippen LogP contribution in [0.25, 0.3) is 0 Å². The molecule has 1 aliphatic heterocycles. The fraction of sp³-hybridized carbons (Fsp3) is 0.941. The van der Waals surface area contributed by atoms with Crippen molar-refractivity contribution in [2.24, 2.45) is 11.3 Å². The van der Waals surface area contributed by atoms with E-state index in [0.717, 1.165) is 38.9 Å². The molecule has 0 aromatic carbocycles. The highest BCUT2D eigenvalue weighted by Crippen LogP contribution is 2.44. The molecule has 1 amide bonds. The molecule has 0 radical (unpaired) electrons. The quantitative estimate of drug-likeness (QED) is 0.838. The van der Waals surface area contributed by atoms with Gasteiger partial charge < -0.3 is 10.2 Å². The summed E-state index contributed by atoms with van der Waals surface area (Å²) in [6.07, 6.45) is 10.9. The monoisotopic (exact) mass is 278 g/mol. The second-order valence-electron chi connectivity index (χ2n) is 7.24. The highest BCUT2D eigenvalue weighted by atomic mass is 16.2. The molecule has 0 aromatic heterocycles. The summed E-state index contributed by atoms with van der Waals surface area (Å²) in [5.74, 6) is 1.19. The first kappa shape index (κ1) is 14.4. The average Bonchev–Trinajstić information content (AvgIpc) is 3.22. The van der Waals surface area contributed by atoms with Gasteiger partial charge in [-0.3, -0.25) is 4.79 Å². The molecule has 3 rings (SSSR count). The highest BCUT2D eigenvalue weighted by Gasteiger charge is 2.45. The van der Waals surface area contributed by atoms with Gasteiger partial charge in [0.1, 0.15) is 0 Å². The third-order valence-corrected chi connectivity index (χ3v) is 5.79. The van der Waals surface area contributed by atoms with E-state index in [4.69, 9.17) is 0 Å². The van der Waals surface area contributed by atoms with Crippen LogP contribution in [-0.2, 0) is 4.79 Å². The van der Waals surface area contributed by atoms with Crippen molar-refractivity contribution in [3.05, 3.63) is 0 Å². The van der Waals surface area contributed by atoms with Crippen molar-refractivity contribution in [2.45, 2.75) is 70.8 Å². The van der Waals surface area contributed by atoms with Crippen molar-refractivity contribution < 1.29 is 4.79 Å². The van der Waals surface area contributed by atoms with Gasteiger partial charge in [0, 0.05) is 18.0 Å². The smallest absolute Gasteiger partial charge is 0.229 e. The predicted octanol–water partition coefficient (Wildman–Crippen LogP) is 2.95. The van der Waals surface area contributed by atoms with E-state index in [1.807, 2.05) is 0 Å². The molecule has 20 heavy (non-hydrogen) atoms. The summed E-state index contributed by atoms with van der Waals surface area (Å²) < 4.78 is 0. The number of piperidine rings is 1. The Morgan fingerprint density at radius 1 is 1.20 bits per heavy atom. The molecule has 3 aliphatic rings. The molecule has 1 saturated heterocycles. The van der Waals surface area contributed by atoms with Crippen LogP contribution in [0.4, 0.5) is 0 Å². The van der Waals surface area contributed by atoms with E-state index in [1.54, 1.807) is 0 Å². The highest BCUT2D eigenvalue weighted by molar-refractivity contribution is 5.83. The van der Waals surface area contributed by atoms with Crippen LogP contribution in [0.3, 0.4) is 0 Å². The molecule has 114 valence electrons. The van der Waals surface area contributed by atoms with E-state index in [-0.39, 0.29) is 5.41 Å². The number of carbonyl (C=O) groups excluding carboxylic acids is 1. The van der Waals surface area contributed by atoms with Gasteiger partial charge in [-0.15, -0.1) is 0 Å². The maximum Gasteiger partial charge on any atom is 0.229 e. The third kappa shape index (κ3) is 2.88. The van der Waals surface area contributed by atoms with Crippen LogP contribution in [0.1, 0.15) is 64.7 Å². The van der Waals surface area contributed by atoms with Crippen molar-refractivity contribution in [1.82, 2.24) is 10.2 Å². The van der Waals surface area contributed by atoms with Crippen molar-refractivity contribution in [3.8, 4) is 0 Å². The third-order valence-electron chi connectivity index (χ3n) is 5.79. The standard InChI is InChI=1S/C17H30N2O/c1-2-17(9-3-4-10-17)16(20)19(15-7-8-15)13-14-6-5-11-18-12-14/h14-15,18H,2-13H2,1H3. The lowest BCUT2D eigenvalue weighted by atomic mass is 9.81. The first-order valence-electron chi connectivity index (χ1n) is 8.77. The molecule has 3 nitrogen and oxygen atoms in total. The van der Waals surface area contributed by atoms with Gasteiger partial charge in [0.2, 0.25) is 5.91 Å². The molecule has 1 atom stereocenters. The van der Waals surface area contributed by atoms with Crippen LogP contribution in [0, 0.1) is 11.3 Å². The van der Waals surface area contributed by atoms with E-state index < -0.39 is 0 Å². The van der Waals surface area contributed by atoms with Gasteiger partial charge in [-0.2, -0.15) is 0 Å². The molecule has 2 aliphatic carbocycles. The van der Waals surface area contributed by atoms with Crippen molar-refractivity contribution in [2.75, 3.05) is 19.6 Å². The fourth-order valence-corrected chi connectivity index (χ4v) is 4.22. The Kier molecular flexibility index (Phi) is 4.34. The van der Waals surface area contributed by atoms with E-state index in [2.05, 4.69) is 17.1 Å². The maximum atomic E-state index is 13.2. The van der Waals surface area contributed by atoms with E-state index >= 15 is 0 Å². The molecule has 3 heteroatoms. The molecule has 0 spiro atoms. The molecule has 1 N–H and O–H groups in total. The summed E-state index contributed by atoms with van der Waals surface area (Å²) in [6.45, 7) is 5.50. The first-order valence-corrected chi connectivity index (χ1v) is 8.77.